The second-order valence-electron chi connectivity index (χ2n) is 5.60. The van der Waals surface area contributed by atoms with E-state index in [1.807, 2.05) is 29.2 Å². The lowest BCUT2D eigenvalue weighted by Crippen LogP contribution is -2.36. The molecule has 0 bridgehead atoms. The lowest BCUT2D eigenvalue weighted by molar-refractivity contribution is -0.129. The molecule has 0 fully saturated rings. The van der Waals surface area contributed by atoms with E-state index in [1.54, 1.807) is 0 Å². The maximum absolute atomic E-state index is 12.2. The molecule has 0 saturated carbocycles. The molecule has 1 amide bonds. The summed E-state index contributed by atoms with van der Waals surface area (Å²) in [6, 6.07) is 7.80. The number of nitrogens with one attached hydrogen (secondary N) is 1. The minimum Gasteiger partial charge on any atom is -0.491 e. The van der Waals surface area contributed by atoms with Gasteiger partial charge in [-0.15, -0.1) is 0 Å². The van der Waals surface area contributed by atoms with Gasteiger partial charge in [-0.1, -0.05) is 26.8 Å². The van der Waals surface area contributed by atoms with Crippen LogP contribution in [0.1, 0.15) is 47.0 Å². The zero-order valence-corrected chi connectivity index (χ0v) is 14.4. The van der Waals surface area contributed by atoms with Crippen LogP contribution in [-0.2, 0) is 4.79 Å². The lowest BCUT2D eigenvalue weighted by atomic mass is 10.2. The second-order valence-corrected chi connectivity index (χ2v) is 5.60. The van der Waals surface area contributed by atoms with Crippen LogP contribution in [0.3, 0.4) is 0 Å². The predicted molar refractivity (Wildman–Crippen MR) is 92.5 cm³/mol. The molecule has 1 atom stereocenters. The fourth-order valence-electron chi connectivity index (χ4n) is 2.19. The molecule has 4 heteroatoms. The largest absolute Gasteiger partial charge is 0.491 e. The van der Waals surface area contributed by atoms with Gasteiger partial charge in [-0.25, -0.2) is 0 Å². The summed E-state index contributed by atoms with van der Waals surface area (Å²) in [5.74, 6) is 0.989. The number of ether oxygens (including phenoxy) is 1. The van der Waals surface area contributed by atoms with Gasteiger partial charge in [-0.05, 0) is 38.3 Å². The summed E-state index contributed by atoms with van der Waals surface area (Å²) in [5, 5.41) is 3.20. The van der Waals surface area contributed by atoms with E-state index in [2.05, 4.69) is 33.0 Å². The summed E-state index contributed by atoms with van der Waals surface area (Å²) >= 11 is 0. The number of carbonyl (C=O) groups is 1. The highest BCUT2D eigenvalue weighted by Crippen LogP contribution is 2.19. The molecule has 0 aliphatic heterocycles. The SMILES string of the molecule is CCCN(CCC)C(=O)CNc1cccc(OC(C)CC)c1. The Morgan fingerprint density at radius 2 is 1.91 bits per heavy atom. The number of hydrogen-bond donors (Lipinski definition) is 1. The van der Waals surface area contributed by atoms with Crippen molar-refractivity contribution in [3.63, 3.8) is 0 Å². The summed E-state index contributed by atoms with van der Waals surface area (Å²) in [4.78, 5) is 14.2. The van der Waals surface area contributed by atoms with Crippen molar-refractivity contribution in [2.45, 2.75) is 53.1 Å². The molecule has 1 N–H and O–H groups in total. The fraction of sp³-hybridized carbons (Fsp3) is 0.611. The van der Waals surface area contributed by atoms with E-state index in [0.717, 1.165) is 43.8 Å². The number of anilines is 1. The van der Waals surface area contributed by atoms with Gasteiger partial charge in [0.25, 0.3) is 0 Å². The van der Waals surface area contributed by atoms with Crippen molar-refractivity contribution in [2.75, 3.05) is 25.0 Å². The molecule has 0 radical (unpaired) electrons. The molecule has 4 nitrogen and oxygen atoms in total. The first-order valence-electron chi connectivity index (χ1n) is 8.39. The van der Waals surface area contributed by atoms with Crippen molar-refractivity contribution in [2.24, 2.45) is 0 Å². The van der Waals surface area contributed by atoms with E-state index >= 15 is 0 Å². The number of nitrogens with zero attached hydrogens (tertiary/aromatic N) is 1. The molecule has 0 aliphatic rings. The van der Waals surface area contributed by atoms with Crippen molar-refractivity contribution in [3.8, 4) is 5.75 Å². The van der Waals surface area contributed by atoms with Crippen LogP contribution in [0.15, 0.2) is 24.3 Å². The van der Waals surface area contributed by atoms with Crippen molar-refractivity contribution in [1.82, 2.24) is 4.90 Å². The highest BCUT2D eigenvalue weighted by Gasteiger charge is 2.11. The smallest absolute Gasteiger partial charge is 0.241 e. The quantitative estimate of drug-likeness (QED) is 0.712. The third kappa shape index (κ3) is 6.37. The van der Waals surface area contributed by atoms with Crippen LogP contribution in [-0.4, -0.2) is 36.5 Å². The first kappa shape index (κ1) is 18.3. The van der Waals surface area contributed by atoms with Gasteiger partial charge in [-0.3, -0.25) is 4.79 Å². The van der Waals surface area contributed by atoms with Crippen molar-refractivity contribution in [3.05, 3.63) is 24.3 Å². The van der Waals surface area contributed by atoms with Gasteiger partial charge in [0.05, 0.1) is 12.6 Å². The van der Waals surface area contributed by atoms with Gasteiger partial charge in [0.1, 0.15) is 5.75 Å². The molecule has 124 valence electrons. The van der Waals surface area contributed by atoms with Gasteiger partial charge in [0, 0.05) is 24.8 Å². The lowest BCUT2D eigenvalue weighted by Gasteiger charge is -2.22. The summed E-state index contributed by atoms with van der Waals surface area (Å²) in [5.41, 5.74) is 0.919. The van der Waals surface area contributed by atoms with Gasteiger partial charge in [0.2, 0.25) is 5.91 Å². The Balaban J connectivity index is 2.56. The number of rotatable bonds is 10. The number of benzene rings is 1. The third-order valence-electron chi connectivity index (χ3n) is 3.53. The van der Waals surface area contributed by atoms with E-state index in [0.29, 0.717) is 6.54 Å². The van der Waals surface area contributed by atoms with Crippen molar-refractivity contribution in [1.29, 1.82) is 0 Å². The Bertz CT molecular complexity index is 442. The molecule has 1 aromatic rings. The monoisotopic (exact) mass is 306 g/mol. The molecule has 0 heterocycles. The third-order valence-corrected chi connectivity index (χ3v) is 3.53. The molecule has 0 aromatic heterocycles. The Morgan fingerprint density at radius 1 is 1.23 bits per heavy atom. The van der Waals surface area contributed by atoms with E-state index in [4.69, 9.17) is 4.74 Å². The summed E-state index contributed by atoms with van der Waals surface area (Å²) in [7, 11) is 0. The number of hydrogen-bond acceptors (Lipinski definition) is 3. The van der Waals surface area contributed by atoms with Crippen LogP contribution >= 0.6 is 0 Å². The zero-order valence-electron chi connectivity index (χ0n) is 14.4. The molecule has 22 heavy (non-hydrogen) atoms. The van der Waals surface area contributed by atoms with Crippen LogP contribution in [0.5, 0.6) is 5.75 Å². The number of amides is 1. The molecule has 0 saturated heterocycles. The van der Waals surface area contributed by atoms with Crippen LogP contribution < -0.4 is 10.1 Å². The Hall–Kier alpha value is -1.71. The predicted octanol–water partition coefficient (Wildman–Crippen LogP) is 3.92. The first-order valence-corrected chi connectivity index (χ1v) is 8.39. The Labute approximate surface area is 134 Å². The first-order chi connectivity index (χ1) is 10.6. The van der Waals surface area contributed by atoms with E-state index in [9.17, 15) is 4.79 Å². The van der Waals surface area contributed by atoms with Crippen LogP contribution in [0.2, 0.25) is 0 Å². The molecular formula is C18H30N2O2. The Morgan fingerprint density at radius 3 is 2.50 bits per heavy atom. The van der Waals surface area contributed by atoms with Gasteiger partial charge in [-0.2, -0.15) is 0 Å². The molecule has 1 rings (SSSR count). The van der Waals surface area contributed by atoms with E-state index in [1.165, 1.54) is 0 Å². The standard InChI is InChI=1S/C18H30N2O2/c1-5-11-20(12-6-2)18(21)14-19-16-9-8-10-17(13-16)22-15(4)7-3/h8-10,13,15,19H,5-7,11-12,14H2,1-4H3. The fourth-order valence-corrected chi connectivity index (χ4v) is 2.19. The van der Waals surface area contributed by atoms with Crippen LogP contribution in [0, 0.1) is 0 Å². The summed E-state index contributed by atoms with van der Waals surface area (Å²) in [6.45, 7) is 10.3. The minimum absolute atomic E-state index is 0.150. The maximum atomic E-state index is 12.2. The van der Waals surface area contributed by atoms with Gasteiger partial charge < -0.3 is 15.0 Å². The minimum atomic E-state index is 0.150. The van der Waals surface area contributed by atoms with Crippen LogP contribution in [0.4, 0.5) is 5.69 Å². The molecular weight excluding hydrogens is 276 g/mol. The van der Waals surface area contributed by atoms with Gasteiger partial charge >= 0.3 is 0 Å². The Kier molecular flexibility index (Phi) is 8.41. The zero-order chi connectivity index (χ0) is 16.4. The van der Waals surface area contributed by atoms with Crippen LogP contribution in [0.25, 0.3) is 0 Å². The second kappa shape index (κ2) is 10.1. The normalized spacial score (nSPS) is 11.8. The molecule has 0 aliphatic carbocycles. The summed E-state index contributed by atoms with van der Waals surface area (Å²) in [6.07, 6.45) is 3.15. The molecule has 0 spiro atoms. The number of carbonyl (C=O) groups excluding carboxylic acids is 1. The van der Waals surface area contributed by atoms with Gasteiger partial charge in [0.15, 0.2) is 0 Å². The maximum Gasteiger partial charge on any atom is 0.241 e. The molecule has 1 aromatic carbocycles. The highest BCUT2D eigenvalue weighted by molar-refractivity contribution is 5.80. The molecule has 1 unspecified atom stereocenters. The van der Waals surface area contributed by atoms with Crippen molar-refractivity contribution >= 4 is 11.6 Å². The summed E-state index contributed by atoms with van der Waals surface area (Å²) < 4.78 is 5.80. The van der Waals surface area contributed by atoms with Crippen molar-refractivity contribution < 1.29 is 9.53 Å². The average Bonchev–Trinajstić information content (AvgIpc) is 2.52. The topological polar surface area (TPSA) is 41.6 Å². The highest BCUT2D eigenvalue weighted by atomic mass is 16.5. The van der Waals surface area contributed by atoms with E-state index < -0.39 is 0 Å². The van der Waals surface area contributed by atoms with E-state index in [-0.39, 0.29) is 12.0 Å². The average molecular weight is 306 g/mol.